The molecule has 0 aromatic heterocycles. The molecule has 5 heteroatoms. The number of rotatable bonds is 3. The summed E-state index contributed by atoms with van der Waals surface area (Å²) in [5, 5.41) is 5.39. The minimum absolute atomic E-state index is 0.440. The summed E-state index contributed by atoms with van der Waals surface area (Å²) in [5.74, 6) is 4.44. The third-order valence-electron chi connectivity index (χ3n) is 1.75. The summed E-state index contributed by atoms with van der Waals surface area (Å²) in [6.07, 6.45) is 0. The highest BCUT2D eigenvalue weighted by molar-refractivity contribution is 7.98. The lowest BCUT2D eigenvalue weighted by atomic mass is 10.3. The molecule has 0 fully saturated rings. The standard InChI is InChI=1S/C9H13NO3S/c1-12-8-5-4-7(14(3,10)11)6-9(8)13-2/h4-6H,3H2,1-2H3,(H2,10,11). The van der Waals surface area contributed by atoms with Gasteiger partial charge < -0.3 is 9.47 Å². The highest BCUT2D eigenvalue weighted by Crippen LogP contribution is 2.28. The lowest BCUT2D eigenvalue weighted by molar-refractivity contribution is 0.354. The van der Waals surface area contributed by atoms with Gasteiger partial charge in [-0.2, -0.15) is 0 Å². The van der Waals surface area contributed by atoms with Crippen LogP contribution in [0.2, 0.25) is 0 Å². The Morgan fingerprint density at radius 2 is 1.86 bits per heavy atom. The van der Waals surface area contributed by atoms with Crippen molar-refractivity contribution in [2.24, 2.45) is 5.14 Å². The number of hydrogen-bond acceptors (Lipinski definition) is 3. The first-order valence-corrected chi connectivity index (χ1v) is 5.65. The molecule has 1 unspecified atom stereocenters. The van der Waals surface area contributed by atoms with Gasteiger partial charge >= 0.3 is 0 Å². The maximum atomic E-state index is 11.4. The first-order valence-electron chi connectivity index (χ1n) is 3.86. The predicted octanol–water partition coefficient (Wildman–Crippen LogP) is 0.653. The average Bonchev–Trinajstić information content (AvgIpc) is 2.15. The molecule has 0 saturated carbocycles. The number of hydrogen-bond donors (Lipinski definition) is 1. The van der Waals surface area contributed by atoms with Crippen LogP contribution in [0.4, 0.5) is 0 Å². The third-order valence-corrected chi connectivity index (χ3v) is 2.81. The topological polar surface area (TPSA) is 61.6 Å². The predicted molar refractivity (Wildman–Crippen MR) is 57.3 cm³/mol. The van der Waals surface area contributed by atoms with Crippen LogP contribution in [0, 0.1) is 0 Å². The molecule has 0 spiro atoms. The number of ether oxygens (including phenoxy) is 2. The van der Waals surface area contributed by atoms with Gasteiger partial charge in [-0.15, -0.1) is 0 Å². The van der Waals surface area contributed by atoms with E-state index in [9.17, 15) is 4.21 Å². The Morgan fingerprint density at radius 3 is 2.29 bits per heavy atom. The van der Waals surface area contributed by atoms with Crippen LogP contribution in [0.5, 0.6) is 11.5 Å². The second-order valence-corrected chi connectivity index (χ2v) is 4.67. The zero-order valence-corrected chi connectivity index (χ0v) is 8.97. The minimum Gasteiger partial charge on any atom is -0.493 e. The van der Waals surface area contributed by atoms with Crippen molar-refractivity contribution in [3.05, 3.63) is 18.2 Å². The van der Waals surface area contributed by atoms with E-state index in [1.807, 2.05) is 0 Å². The molecule has 2 N–H and O–H groups in total. The van der Waals surface area contributed by atoms with Gasteiger partial charge in [-0.05, 0) is 18.0 Å². The molecular weight excluding hydrogens is 202 g/mol. The zero-order chi connectivity index (χ0) is 10.8. The summed E-state index contributed by atoms with van der Waals surface area (Å²) < 4.78 is 21.5. The maximum Gasteiger partial charge on any atom is 0.161 e. The monoisotopic (exact) mass is 215 g/mol. The molecule has 0 aliphatic heterocycles. The van der Waals surface area contributed by atoms with E-state index in [0.29, 0.717) is 16.4 Å². The van der Waals surface area contributed by atoms with E-state index in [-0.39, 0.29) is 0 Å². The highest BCUT2D eigenvalue weighted by Gasteiger charge is 2.07. The van der Waals surface area contributed by atoms with Gasteiger partial charge in [0.2, 0.25) is 0 Å². The first kappa shape index (κ1) is 10.9. The molecule has 0 amide bonds. The van der Waals surface area contributed by atoms with Gasteiger partial charge in [-0.25, -0.2) is 4.21 Å². The summed E-state index contributed by atoms with van der Waals surface area (Å²) in [6.45, 7) is 0. The molecule has 1 aromatic rings. The van der Waals surface area contributed by atoms with Crippen molar-refractivity contribution in [3.8, 4) is 11.5 Å². The quantitative estimate of drug-likeness (QED) is 0.753. The Bertz CT molecular complexity index is 426. The molecule has 1 aromatic carbocycles. The van der Waals surface area contributed by atoms with Crippen molar-refractivity contribution in [1.82, 2.24) is 0 Å². The van der Waals surface area contributed by atoms with Crippen molar-refractivity contribution in [2.45, 2.75) is 4.90 Å². The van der Waals surface area contributed by atoms with Crippen LogP contribution in [-0.4, -0.2) is 24.3 Å². The van der Waals surface area contributed by atoms with Gasteiger partial charge in [0.1, 0.15) is 0 Å². The molecule has 14 heavy (non-hydrogen) atoms. The van der Waals surface area contributed by atoms with Crippen molar-refractivity contribution in [3.63, 3.8) is 0 Å². The van der Waals surface area contributed by atoms with E-state index in [4.69, 9.17) is 14.6 Å². The SMILES string of the molecule is C=S(N)(=O)c1ccc(OC)c(OC)c1. The summed E-state index contributed by atoms with van der Waals surface area (Å²) in [6, 6.07) is 4.82. The molecule has 0 aliphatic carbocycles. The first-order chi connectivity index (χ1) is 6.49. The van der Waals surface area contributed by atoms with Gasteiger partial charge in [0.25, 0.3) is 0 Å². The largest absolute Gasteiger partial charge is 0.493 e. The molecule has 1 rings (SSSR count). The maximum absolute atomic E-state index is 11.4. The van der Waals surface area contributed by atoms with Crippen LogP contribution in [-0.2, 0) is 9.71 Å². The number of methoxy groups -OCH3 is 2. The van der Waals surface area contributed by atoms with Gasteiger partial charge in [0, 0.05) is 11.0 Å². The van der Waals surface area contributed by atoms with Crippen molar-refractivity contribution < 1.29 is 13.7 Å². The van der Waals surface area contributed by atoms with Crippen molar-refractivity contribution in [1.29, 1.82) is 0 Å². The summed E-state index contributed by atoms with van der Waals surface area (Å²) >= 11 is 0. The van der Waals surface area contributed by atoms with Gasteiger partial charge in [-0.3, -0.25) is 5.14 Å². The van der Waals surface area contributed by atoms with E-state index < -0.39 is 9.71 Å². The van der Waals surface area contributed by atoms with Crippen LogP contribution in [0.3, 0.4) is 0 Å². The van der Waals surface area contributed by atoms with Crippen LogP contribution in [0.1, 0.15) is 0 Å². The van der Waals surface area contributed by atoms with Crippen LogP contribution < -0.4 is 14.6 Å². The van der Waals surface area contributed by atoms with Crippen LogP contribution in [0.25, 0.3) is 0 Å². The second-order valence-electron chi connectivity index (χ2n) is 2.74. The molecule has 0 bridgehead atoms. The fourth-order valence-electron chi connectivity index (χ4n) is 1.03. The molecular formula is C9H13NO3S. The fraction of sp³-hybridized carbons (Fsp3) is 0.222. The zero-order valence-electron chi connectivity index (χ0n) is 8.15. The Kier molecular flexibility index (Phi) is 3.03. The van der Waals surface area contributed by atoms with Gasteiger partial charge in [0.05, 0.1) is 23.9 Å². The molecule has 0 heterocycles. The summed E-state index contributed by atoms with van der Waals surface area (Å²) in [7, 11) is 0.336. The van der Waals surface area contributed by atoms with Crippen LogP contribution >= 0.6 is 0 Å². The Labute approximate surface area is 83.8 Å². The van der Waals surface area contributed by atoms with Crippen LogP contribution in [0.15, 0.2) is 23.1 Å². The van der Waals surface area contributed by atoms with Crippen molar-refractivity contribution in [2.75, 3.05) is 14.2 Å². The van der Waals surface area contributed by atoms with E-state index in [2.05, 4.69) is 5.87 Å². The molecule has 0 saturated heterocycles. The number of benzene rings is 1. The molecule has 0 radical (unpaired) electrons. The average molecular weight is 215 g/mol. The lowest BCUT2D eigenvalue weighted by Crippen LogP contribution is -2.11. The molecule has 1 atom stereocenters. The second kappa shape index (κ2) is 3.89. The Morgan fingerprint density at radius 1 is 1.29 bits per heavy atom. The Hall–Kier alpha value is -1.20. The summed E-state index contributed by atoms with van der Waals surface area (Å²) in [4.78, 5) is 0.440. The van der Waals surface area contributed by atoms with Crippen molar-refractivity contribution >= 4 is 15.6 Å². The number of nitrogens with two attached hydrogens (primary N) is 1. The van der Waals surface area contributed by atoms with Gasteiger partial charge in [0.15, 0.2) is 11.5 Å². The lowest BCUT2D eigenvalue weighted by Gasteiger charge is -2.09. The van der Waals surface area contributed by atoms with E-state index in [1.54, 1.807) is 18.2 Å². The van der Waals surface area contributed by atoms with E-state index in [0.717, 1.165) is 0 Å². The molecule has 4 nitrogen and oxygen atoms in total. The fourth-order valence-corrected chi connectivity index (χ4v) is 1.64. The smallest absolute Gasteiger partial charge is 0.161 e. The normalized spacial score (nSPS) is 14.5. The minimum atomic E-state index is -2.70. The van der Waals surface area contributed by atoms with Gasteiger partial charge in [-0.1, -0.05) is 0 Å². The summed E-state index contributed by atoms with van der Waals surface area (Å²) in [5.41, 5.74) is 0. The van der Waals surface area contributed by atoms with E-state index >= 15 is 0 Å². The van der Waals surface area contributed by atoms with E-state index in [1.165, 1.54) is 14.2 Å². The Balaban J connectivity index is 3.28. The third kappa shape index (κ3) is 2.18. The highest BCUT2D eigenvalue weighted by atomic mass is 32.2. The molecule has 0 aliphatic rings. The molecule has 78 valence electrons.